The highest BCUT2D eigenvalue weighted by Gasteiger charge is 2.12. The Morgan fingerprint density at radius 1 is 1.47 bits per heavy atom. The summed E-state index contributed by atoms with van der Waals surface area (Å²) in [6.45, 7) is 2.91. The minimum atomic E-state index is -0.149. The standard InChI is InChI=1S/C14H18N2O3/c1-2-16(8-5-9-17)14(18)11-19-13-7-4-3-6-12(13)10-15/h3-4,6-7,17H,2,5,8-9,11H2,1H3. The number of rotatable bonds is 7. The van der Waals surface area contributed by atoms with Gasteiger partial charge in [-0.25, -0.2) is 0 Å². The minimum Gasteiger partial charge on any atom is -0.482 e. The highest BCUT2D eigenvalue weighted by Crippen LogP contribution is 2.16. The second kappa shape index (κ2) is 8.11. The number of para-hydroxylation sites is 1. The average Bonchev–Trinajstić information content (AvgIpc) is 2.46. The summed E-state index contributed by atoms with van der Waals surface area (Å²) in [5, 5.41) is 17.7. The van der Waals surface area contributed by atoms with Crippen LogP contribution in [0.15, 0.2) is 24.3 Å². The summed E-state index contributed by atoms with van der Waals surface area (Å²) in [5.74, 6) is 0.264. The number of amides is 1. The number of likely N-dealkylation sites (N-methyl/N-ethyl adjacent to an activating group) is 1. The Hall–Kier alpha value is -2.06. The molecule has 5 nitrogen and oxygen atoms in total. The Balaban J connectivity index is 2.55. The lowest BCUT2D eigenvalue weighted by atomic mass is 10.2. The van der Waals surface area contributed by atoms with Crippen LogP contribution in [0.1, 0.15) is 18.9 Å². The molecule has 0 saturated carbocycles. The topological polar surface area (TPSA) is 73.6 Å². The minimum absolute atomic E-state index is 0.0574. The van der Waals surface area contributed by atoms with E-state index in [4.69, 9.17) is 15.1 Å². The van der Waals surface area contributed by atoms with E-state index in [1.165, 1.54) is 0 Å². The predicted octanol–water partition coefficient (Wildman–Crippen LogP) is 1.17. The fourth-order valence-corrected chi connectivity index (χ4v) is 1.64. The van der Waals surface area contributed by atoms with Crippen LogP contribution in [0.4, 0.5) is 0 Å². The van der Waals surface area contributed by atoms with Gasteiger partial charge in [-0.1, -0.05) is 12.1 Å². The van der Waals surface area contributed by atoms with E-state index in [0.717, 1.165) is 0 Å². The molecule has 1 aromatic rings. The molecule has 0 heterocycles. The molecule has 0 bridgehead atoms. The van der Waals surface area contributed by atoms with Gasteiger partial charge in [-0.2, -0.15) is 5.26 Å². The van der Waals surface area contributed by atoms with Crippen molar-refractivity contribution in [2.75, 3.05) is 26.3 Å². The van der Waals surface area contributed by atoms with Crippen molar-refractivity contribution in [3.8, 4) is 11.8 Å². The maximum absolute atomic E-state index is 11.9. The molecule has 0 unspecified atom stereocenters. The van der Waals surface area contributed by atoms with Crippen molar-refractivity contribution in [3.63, 3.8) is 0 Å². The molecule has 0 aliphatic heterocycles. The Bertz CT molecular complexity index is 454. The maximum Gasteiger partial charge on any atom is 0.260 e. The van der Waals surface area contributed by atoms with E-state index in [1.54, 1.807) is 29.2 Å². The van der Waals surface area contributed by atoms with Gasteiger partial charge in [-0.15, -0.1) is 0 Å². The van der Waals surface area contributed by atoms with Gasteiger partial charge < -0.3 is 14.7 Å². The monoisotopic (exact) mass is 262 g/mol. The van der Waals surface area contributed by atoms with Crippen molar-refractivity contribution in [2.45, 2.75) is 13.3 Å². The van der Waals surface area contributed by atoms with E-state index >= 15 is 0 Å². The fraction of sp³-hybridized carbons (Fsp3) is 0.429. The van der Waals surface area contributed by atoms with E-state index in [1.807, 2.05) is 13.0 Å². The summed E-state index contributed by atoms with van der Waals surface area (Å²) in [5.41, 5.74) is 0.411. The zero-order valence-electron chi connectivity index (χ0n) is 11.0. The molecule has 1 N–H and O–H groups in total. The van der Waals surface area contributed by atoms with E-state index in [-0.39, 0.29) is 19.1 Å². The Kier molecular flexibility index (Phi) is 6.41. The van der Waals surface area contributed by atoms with Crippen LogP contribution in [0.5, 0.6) is 5.75 Å². The zero-order valence-corrected chi connectivity index (χ0v) is 11.0. The highest BCUT2D eigenvalue weighted by atomic mass is 16.5. The number of aliphatic hydroxyl groups excluding tert-OH is 1. The lowest BCUT2D eigenvalue weighted by molar-refractivity contribution is -0.133. The third-order valence-corrected chi connectivity index (χ3v) is 2.68. The van der Waals surface area contributed by atoms with Gasteiger partial charge in [0.05, 0.1) is 5.56 Å². The first kappa shape index (κ1) is 15.0. The molecular formula is C14H18N2O3. The van der Waals surface area contributed by atoms with Crippen LogP contribution >= 0.6 is 0 Å². The maximum atomic E-state index is 11.9. The number of aliphatic hydroxyl groups is 1. The Morgan fingerprint density at radius 2 is 2.21 bits per heavy atom. The first-order valence-electron chi connectivity index (χ1n) is 6.23. The molecule has 0 aromatic heterocycles. The number of ether oxygens (including phenoxy) is 1. The van der Waals surface area contributed by atoms with Crippen LogP contribution in [0.3, 0.4) is 0 Å². The van der Waals surface area contributed by atoms with E-state index in [0.29, 0.717) is 30.8 Å². The molecule has 0 saturated heterocycles. The van der Waals surface area contributed by atoms with Crippen LogP contribution in [0, 0.1) is 11.3 Å². The van der Waals surface area contributed by atoms with Crippen molar-refractivity contribution >= 4 is 5.91 Å². The van der Waals surface area contributed by atoms with Gasteiger partial charge in [-0.05, 0) is 25.5 Å². The molecule has 0 atom stereocenters. The van der Waals surface area contributed by atoms with Gasteiger partial charge in [0.25, 0.3) is 5.91 Å². The summed E-state index contributed by atoms with van der Waals surface area (Å²) >= 11 is 0. The summed E-state index contributed by atoms with van der Waals surface area (Å²) in [7, 11) is 0. The first-order chi connectivity index (χ1) is 9.22. The van der Waals surface area contributed by atoms with E-state index in [9.17, 15) is 4.79 Å². The van der Waals surface area contributed by atoms with Gasteiger partial charge in [0.15, 0.2) is 6.61 Å². The quantitative estimate of drug-likeness (QED) is 0.800. The molecule has 1 amide bonds. The Labute approximate surface area is 113 Å². The fourth-order valence-electron chi connectivity index (χ4n) is 1.64. The first-order valence-corrected chi connectivity index (χ1v) is 6.23. The molecule has 0 radical (unpaired) electrons. The van der Waals surface area contributed by atoms with Crippen molar-refractivity contribution < 1.29 is 14.6 Å². The normalized spacial score (nSPS) is 9.74. The molecule has 0 aliphatic carbocycles. The van der Waals surface area contributed by atoms with Crippen LogP contribution in [0.2, 0.25) is 0 Å². The number of carbonyl (C=O) groups excluding carboxylic acids is 1. The lowest BCUT2D eigenvalue weighted by Gasteiger charge is -2.20. The smallest absolute Gasteiger partial charge is 0.260 e. The van der Waals surface area contributed by atoms with Gasteiger partial charge >= 0.3 is 0 Å². The van der Waals surface area contributed by atoms with Crippen LogP contribution in [-0.4, -0.2) is 42.2 Å². The zero-order chi connectivity index (χ0) is 14.1. The molecule has 19 heavy (non-hydrogen) atoms. The van der Waals surface area contributed by atoms with Crippen LogP contribution < -0.4 is 4.74 Å². The number of hydrogen-bond donors (Lipinski definition) is 1. The van der Waals surface area contributed by atoms with Crippen molar-refractivity contribution in [1.82, 2.24) is 4.90 Å². The number of carbonyl (C=O) groups is 1. The van der Waals surface area contributed by atoms with E-state index < -0.39 is 0 Å². The molecule has 1 rings (SSSR count). The predicted molar refractivity (Wildman–Crippen MR) is 70.6 cm³/mol. The third kappa shape index (κ3) is 4.60. The molecule has 1 aromatic carbocycles. The second-order valence-corrected chi connectivity index (χ2v) is 3.95. The van der Waals surface area contributed by atoms with Crippen LogP contribution in [0.25, 0.3) is 0 Å². The van der Waals surface area contributed by atoms with Gasteiger partial charge in [-0.3, -0.25) is 4.79 Å². The van der Waals surface area contributed by atoms with E-state index in [2.05, 4.69) is 0 Å². The van der Waals surface area contributed by atoms with Gasteiger partial charge in [0.2, 0.25) is 0 Å². The summed E-state index contributed by atoms with van der Waals surface area (Å²) in [4.78, 5) is 13.5. The molecule has 0 spiro atoms. The number of benzene rings is 1. The van der Waals surface area contributed by atoms with Crippen LogP contribution in [-0.2, 0) is 4.79 Å². The highest BCUT2D eigenvalue weighted by molar-refractivity contribution is 5.77. The summed E-state index contributed by atoms with van der Waals surface area (Å²) < 4.78 is 5.38. The molecule has 0 fully saturated rings. The summed E-state index contributed by atoms with van der Waals surface area (Å²) in [6, 6.07) is 8.82. The van der Waals surface area contributed by atoms with Crippen molar-refractivity contribution in [1.29, 1.82) is 5.26 Å². The van der Waals surface area contributed by atoms with Gasteiger partial charge in [0.1, 0.15) is 11.8 Å². The van der Waals surface area contributed by atoms with Gasteiger partial charge in [0, 0.05) is 19.7 Å². The number of hydrogen-bond acceptors (Lipinski definition) is 4. The average molecular weight is 262 g/mol. The third-order valence-electron chi connectivity index (χ3n) is 2.68. The largest absolute Gasteiger partial charge is 0.482 e. The second-order valence-electron chi connectivity index (χ2n) is 3.95. The Morgan fingerprint density at radius 3 is 2.84 bits per heavy atom. The molecule has 0 aliphatic rings. The van der Waals surface area contributed by atoms with Crippen molar-refractivity contribution in [2.24, 2.45) is 0 Å². The molecule has 5 heteroatoms. The van der Waals surface area contributed by atoms with Crippen molar-refractivity contribution in [3.05, 3.63) is 29.8 Å². The molecule has 102 valence electrons. The number of nitriles is 1. The SMILES string of the molecule is CCN(CCCO)C(=O)COc1ccccc1C#N. The summed E-state index contributed by atoms with van der Waals surface area (Å²) in [6.07, 6.45) is 0.550. The molecular weight excluding hydrogens is 244 g/mol. The number of nitrogens with zero attached hydrogens (tertiary/aromatic N) is 2. The lowest BCUT2D eigenvalue weighted by Crippen LogP contribution is -2.35.